The number of rotatable bonds is 4. The first-order valence-electron chi connectivity index (χ1n) is 5.70. The smallest absolute Gasteiger partial charge is 0.172 e. The number of nitrogens with one attached hydrogen (secondary N) is 1. The first kappa shape index (κ1) is 13.3. The summed E-state index contributed by atoms with van der Waals surface area (Å²) in [5.41, 5.74) is 3.54. The maximum atomic E-state index is 3.12. The van der Waals surface area contributed by atoms with Gasteiger partial charge in [-0.25, -0.2) is 4.58 Å². The van der Waals surface area contributed by atoms with Gasteiger partial charge in [0.25, 0.3) is 0 Å². The summed E-state index contributed by atoms with van der Waals surface area (Å²) < 4.78 is 2.06. The van der Waals surface area contributed by atoms with Gasteiger partial charge < -0.3 is 10.2 Å². The minimum atomic E-state index is 1.13. The van der Waals surface area contributed by atoms with E-state index < -0.39 is 0 Å². The lowest BCUT2D eigenvalue weighted by Crippen LogP contribution is -2.07. The van der Waals surface area contributed by atoms with Crippen LogP contribution in [0.15, 0.2) is 30.5 Å². The lowest BCUT2D eigenvalue weighted by atomic mass is 10.1. The van der Waals surface area contributed by atoms with Crippen LogP contribution in [0.4, 0.5) is 5.69 Å². The summed E-state index contributed by atoms with van der Waals surface area (Å²) in [7, 11) is 10.1. The molecule has 0 atom stereocenters. The molecule has 0 aliphatic carbocycles. The topological polar surface area (TPSA) is 18.3 Å². The molecule has 0 saturated carbocycles. The van der Waals surface area contributed by atoms with E-state index in [9.17, 15) is 0 Å². The minimum Gasteiger partial charge on any atom is -0.388 e. The Morgan fingerprint density at radius 1 is 1.18 bits per heavy atom. The van der Waals surface area contributed by atoms with Crippen molar-refractivity contribution in [2.24, 2.45) is 0 Å². The zero-order valence-corrected chi connectivity index (χ0v) is 11.4. The molecule has 0 spiro atoms. The average molecular weight is 232 g/mol. The van der Waals surface area contributed by atoms with E-state index in [-0.39, 0.29) is 0 Å². The van der Waals surface area contributed by atoms with Gasteiger partial charge in [-0.2, -0.15) is 0 Å². The Bertz CT molecular complexity index is 410. The Morgan fingerprint density at radius 3 is 2.18 bits per heavy atom. The van der Waals surface area contributed by atoms with Crippen LogP contribution in [0, 0.1) is 0 Å². The molecule has 3 heteroatoms. The van der Waals surface area contributed by atoms with Crippen molar-refractivity contribution in [2.45, 2.75) is 0 Å². The SMILES string of the molecule is CNc1ccc(/C(C=[N+](C)C)=C\N(C)C)cc1. The predicted octanol–water partition coefficient (Wildman–Crippen LogP) is 1.97. The third kappa shape index (κ3) is 4.31. The van der Waals surface area contributed by atoms with Crippen LogP contribution in [0.3, 0.4) is 0 Å². The van der Waals surface area contributed by atoms with Crippen LogP contribution in [0.5, 0.6) is 0 Å². The highest BCUT2D eigenvalue weighted by atomic mass is 15.0. The van der Waals surface area contributed by atoms with Crippen LogP contribution in [0.1, 0.15) is 5.56 Å². The molecule has 0 heterocycles. The molecule has 3 nitrogen and oxygen atoms in total. The molecular formula is C14H22N3+. The van der Waals surface area contributed by atoms with Crippen molar-refractivity contribution in [3.63, 3.8) is 0 Å². The molecule has 0 saturated heterocycles. The van der Waals surface area contributed by atoms with E-state index in [1.54, 1.807) is 0 Å². The summed E-state index contributed by atoms with van der Waals surface area (Å²) in [6.07, 6.45) is 4.24. The van der Waals surface area contributed by atoms with Gasteiger partial charge in [-0.05, 0) is 17.7 Å². The van der Waals surface area contributed by atoms with Gasteiger partial charge in [0.05, 0.1) is 5.57 Å². The molecule has 92 valence electrons. The third-order valence-electron chi connectivity index (χ3n) is 2.30. The number of hydrogen-bond acceptors (Lipinski definition) is 2. The van der Waals surface area contributed by atoms with E-state index >= 15 is 0 Å². The second kappa shape index (κ2) is 6.09. The van der Waals surface area contributed by atoms with Crippen LogP contribution < -0.4 is 5.32 Å². The lowest BCUT2D eigenvalue weighted by molar-refractivity contribution is -0.458. The molecule has 0 aliphatic heterocycles. The monoisotopic (exact) mass is 232 g/mol. The van der Waals surface area contributed by atoms with Crippen molar-refractivity contribution >= 4 is 17.5 Å². The van der Waals surface area contributed by atoms with E-state index in [1.165, 1.54) is 11.1 Å². The first-order valence-corrected chi connectivity index (χ1v) is 5.70. The molecule has 0 aromatic heterocycles. The zero-order valence-electron chi connectivity index (χ0n) is 11.4. The molecule has 0 fully saturated rings. The van der Waals surface area contributed by atoms with Crippen molar-refractivity contribution in [2.75, 3.05) is 40.6 Å². The summed E-state index contributed by atoms with van der Waals surface area (Å²) in [4.78, 5) is 2.06. The highest BCUT2D eigenvalue weighted by Crippen LogP contribution is 2.16. The normalized spacial score (nSPS) is 11.0. The van der Waals surface area contributed by atoms with Crippen molar-refractivity contribution in [3.05, 3.63) is 36.0 Å². The average Bonchev–Trinajstić information content (AvgIpc) is 2.27. The Morgan fingerprint density at radius 2 is 1.76 bits per heavy atom. The summed E-state index contributed by atoms with van der Waals surface area (Å²) in [5, 5.41) is 3.12. The Hall–Kier alpha value is -1.77. The Balaban J connectivity index is 3.09. The van der Waals surface area contributed by atoms with Gasteiger partial charge in [-0.1, -0.05) is 12.1 Å². The van der Waals surface area contributed by atoms with E-state index in [0.29, 0.717) is 0 Å². The maximum Gasteiger partial charge on any atom is 0.172 e. The second-order valence-corrected chi connectivity index (χ2v) is 4.47. The number of allylic oxidation sites excluding steroid dienone is 1. The van der Waals surface area contributed by atoms with Gasteiger partial charge in [0.15, 0.2) is 6.21 Å². The van der Waals surface area contributed by atoms with E-state index in [0.717, 1.165) is 5.69 Å². The van der Waals surface area contributed by atoms with Gasteiger partial charge in [0.1, 0.15) is 14.1 Å². The van der Waals surface area contributed by atoms with Crippen molar-refractivity contribution in [1.29, 1.82) is 0 Å². The van der Waals surface area contributed by atoms with E-state index in [1.807, 2.05) is 35.2 Å². The van der Waals surface area contributed by atoms with Gasteiger partial charge >= 0.3 is 0 Å². The second-order valence-electron chi connectivity index (χ2n) is 4.47. The quantitative estimate of drug-likeness (QED) is 0.632. The minimum absolute atomic E-state index is 1.13. The third-order valence-corrected chi connectivity index (χ3v) is 2.30. The highest BCUT2D eigenvalue weighted by Gasteiger charge is 2.03. The van der Waals surface area contributed by atoms with Gasteiger partial charge in [0.2, 0.25) is 0 Å². The molecule has 0 radical (unpaired) electrons. The molecule has 0 bridgehead atoms. The summed E-state index contributed by atoms with van der Waals surface area (Å²) >= 11 is 0. The predicted molar refractivity (Wildman–Crippen MR) is 75.8 cm³/mol. The fourth-order valence-corrected chi connectivity index (χ4v) is 1.57. The van der Waals surface area contributed by atoms with Crippen LogP contribution >= 0.6 is 0 Å². The zero-order chi connectivity index (χ0) is 12.8. The first-order chi connectivity index (χ1) is 8.02. The molecule has 0 amide bonds. The van der Waals surface area contributed by atoms with E-state index in [4.69, 9.17) is 0 Å². The van der Waals surface area contributed by atoms with Crippen LogP contribution in [0.2, 0.25) is 0 Å². The number of benzene rings is 1. The molecule has 1 aromatic carbocycles. The van der Waals surface area contributed by atoms with Crippen molar-refractivity contribution in [1.82, 2.24) is 4.90 Å². The van der Waals surface area contributed by atoms with Crippen molar-refractivity contribution in [3.8, 4) is 0 Å². The van der Waals surface area contributed by atoms with Crippen LogP contribution in [0.25, 0.3) is 5.57 Å². The maximum absolute atomic E-state index is 3.12. The molecule has 1 rings (SSSR count). The fourth-order valence-electron chi connectivity index (χ4n) is 1.57. The van der Waals surface area contributed by atoms with Crippen LogP contribution in [-0.4, -0.2) is 50.9 Å². The Labute approximate surface area is 104 Å². The van der Waals surface area contributed by atoms with E-state index in [2.05, 4.69) is 51.5 Å². The van der Waals surface area contributed by atoms with Crippen LogP contribution in [-0.2, 0) is 0 Å². The Kier molecular flexibility index (Phi) is 4.76. The summed E-state index contributed by atoms with van der Waals surface area (Å²) in [6, 6.07) is 8.42. The summed E-state index contributed by atoms with van der Waals surface area (Å²) in [6.45, 7) is 0. The van der Waals surface area contributed by atoms with Gasteiger partial charge in [-0.15, -0.1) is 0 Å². The van der Waals surface area contributed by atoms with Crippen molar-refractivity contribution < 1.29 is 4.58 Å². The fraction of sp³-hybridized carbons (Fsp3) is 0.357. The number of nitrogens with zero attached hydrogens (tertiary/aromatic N) is 2. The molecular weight excluding hydrogens is 210 g/mol. The molecule has 0 aliphatic rings. The molecule has 1 aromatic rings. The van der Waals surface area contributed by atoms with Gasteiger partial charge in [0, 0.05) is 33.0 Å². The standard InChI is InChI=1S/C14H22N3/c1-15-14-8-6-12(7-9-14)13(10-16(2)3)11-17(4)5/h6-11,15H,1-5H3/q+1. The number of hydrogen-bond donors (Lipinski definition) is 1. The lowest BCUT2D eigenvalue weighted by Gasteiger charge is -2.08. The molecule has 17 heavy (non-hydrogen) atoms. The molecule has 1 N–H and O–H groups in total. The van der Waals surface area contributed by atoms with Gasteiger partial charge in [-0.3, -0.25) is 0 Å². The largest absolute Gasteiger partial charge is 0.388 e. The summed E-state index contributed by atoms with van der Waals surface area (Å²) in [5.74, 6) is 0. The molecule has 0 unspecified atom stereocenters. The highest BCUT2D eigenvalue weighted by molar-refractivity contribution is 6.07. The number of anilines is 1.